The Morgan fingerprint density at radius 2 is 1.62 bits per heavy atom. The summed E-state index contributed by atoms with van der Waals surface area (Å²) in [5.74, 6) is 5.80. The average Bonchev–Trinajstić information content (AvgIpc) is 3.26. The number of aliphatic hydroxyl groups is 2. The second kappa shape index (κ2) is 11.8. The maximum absolute atomic E-state index is 14.4. The van der Waals surface area contributed by atoms with Crippen LogP contribution in [0, 0.1) is 52.3 Å². The van der Waals surface area contributed by atoms with Crippen molar-refractivity contribution in [3.05, 3.63) is 0 Å². The molecule has 4 aliphatic carbocycles. The summed E-state index contributed by atoms with van der Waals surface area (Å²) in [6.45, 7) is 14.4. The van der Waals surface area contributed by atoms with E-state index in [1.54, 1.807) is 0 Å². The molecule has 226 valence electrons. The summed E-state index contributed by atoms with van der Waals surface area (Å²) >= 11 is 0. The van der Waals surface area contributed by atoms with Gasteiger partial charge in [0.1, 0.15) is 12.2 Å². The Hall–Kier alpha value is -0.230. The van der Waals surface area contributed by atoms with E-state index in [4.69, 9.17) is 9.47 Å². The van der Waals surface area contributed by atoms with E-state index in [0.717, 1.165) is 54.8 Å². The second-order valence-corrected chi connectivity index (χ2v) is 15.6. The highest BCUT2D eigenvalue weighted by molar-refractivity contribution is 5.10. The molecule has 5 rings (SSSR count). The van der Waals surface area contributed by atoms with Crippen molar-refractivity contribution >= 4 is 0 Å². The molecule has 5 fully saturated rings. The zero-order valence-electron chi connectivity index (χ0n) is 25.8. The predicted molar refractivity (Wildman–Crippen MR) is 154 cm³/mol. The van der Waals surface area contributed by atoms with E-state index in [1.165, 1.54) is 57.8 Å². The van der Waals surface area contributed by atoms with Crippen molar-refractivity contribution in [1.82, 2.24) is 0 Å². The molecule has 5 aliphatic rings. The van der Waals surface area contributed by atoms with Crippen LogP contribution >= 0.6 is 0 Å². The van der Waals surface area contributed by atoms with Gasteiger partial charge in [-0.2, -0.15) is 0 Å². The molecule has 0 aromatic heterocycles. The molecule has 4 saturated carbocycles. The molecule has 39 heavy (non-hydrogen) atoms. The van der Waals surface area contributed by atoms with Crippen LogP contribution in [0.1, 0.15) is 125 Å². The van der Waals surface area contributed by atoms with Gasteiger partial charge in [-0.15, -0.1) is 0 Å². The zero-order chi connectivity index (χ0) is 28.1. The third kappa shape index (κ3) is 5.50. The predicted octanol–water partition coefficient (Wildman–Crippen LogP) is 7.69. The van der Waals surface area contributed by atoms with Crippen LogP contribution in [0.2, 0.25) is 0 Å². The number of rotatable bonds is 8. The molecule has 8 unspecified atom stereocenters. The fourth-order valence-electron chi connectivity index (χ4n) is 10.9. The van der Waals surface area contributed by atoms with E-state index in [2.05, 4.69) is 34.6 Å². The molecule has 1 aliphatic heterocycles. The van der Waals surface area contributed by atoms with Gasteiger partial charge in [-0.3, -0.25) is 0 Å². The van der Waals surface area contributed by atoms with Crippen LogP contribution in [-0.2, 0) is 9.47 Å². The van der Waals surface area contributed by atoms with Crippen molar-refractivity contribution in [1.29, 1.82) is 0 Å². The molecule has 0 radical (unpaired) electrons. The Bertz CT molecular complexity index is 819. The fourth-order valence-corrected chi connectivity index (χ4v) is 10.9. The number of hydrogen-bond donors (Lipinski definition) is 2. The lowest BCUT2D eigenvalue weighted by atomic mass is 9.44. The van der Waals surface area contributed by atoms with Gasteiger partial charge in [0.2, 0.25) is 0 Å². The maximum atomic E-state index is 14.4. The van der Waals surface area contributed by atoms with Crippen LogP contribution in [0.4, 0.5) is 4.39 Å². The van der Waals surface area contributed by atoms with Gasteiger partial charge in [0.25, 0.3) is 0 Å². The van der Waals surface area contributed by atoms with Gasteiger partial charge in [0.05, 0.1) is 12.2 Å². The Kier molecular flexibility index (Phi) is 9.15. The number of aliphatic hydroxyl groups excluding tert-OH is 2. The first-order valence-corrected chi connectivity index (χ1v) is 16.8. The Balaban J connectivity index is 1.21. The van der Waals surface area contributed by atoms with Crippen molar-refractivity contribution < 1.29 is 24.1 Å². The van der Waals surface area contributed by atoms with Crippen LogP contribution in [0.5, 0.6) is 0 Å². The van der Waals surface area contributed by atoms with Crippen LogP contribution < -0.4 is 0 Å². The van der Waals surface area contributed by atoms with E-state index >= 15 is 0 Å². The quantitative estimate of drug-likeness (QED) is 0.304. The molecule has 0 bridgehead atoms. The molecule has 1 saturated heterocycles. The lowest BCUT2D eigenvalue weighted by Gasteiger charge is -2.61. The molecule has 1 heterocycles. The van der Waals surface area contributed by atoms with Gasteiger partial charge in [0, 0.05) is 0 Å². The number of alkyl halides is 1. The SMILES string of the molecule is CCC1O[C@H](O[C@H]2CC[C@@]3(C)C(CCC4C3CC[C@@]3(C)C4CC[C@@H]3C(C)CCCC(C)C)C2)C(O)C(O)[C@@H]1F. The highest BCUT2D eigenvalue weighted by Crippen LogP contribution is 2.68. The largest absolute Gasteiger partial charge is 0.387 e. The molecule has 0 spiro atoms. The summed E-state index contributed by atoms with van der Waals surface area (Å²) in [7, 11) is 0. The lowest BCUT2D eigenvalue weighted by Crippen LogP contribution is -2.58. The molecule has 4 nitrogen and oxygen atoms in total. The van der Waals surface area contributed by atoms with E-state index < -0.39 is 30.8 Å². The molecule has 2 N–H and O–H groups in total. The molecule has 0 amide bonds. The lowest BCUT2D eigenvalue weighted by molar-refractivity contribution is -0.304. The Labute approximate surface area is 238 Å². The summed E-state index contributed by atoms with van der Waals surface area (Å²) in [6, 6.07) is 0. The summed E-state index contributed by atoms with van der Waals surface area (Å²) in [5.41, 5.74) is 0.897. The minimum Gasteiger partial charge on any atom is -0.387 e. The van der Waals surface area contributed by atoms with Crippen LogP contribution in [0.15, 0.2) is 0 Å². The first kappa shape index (κ1) is 30.2. The Morgan fingerprint density at radius 3 is 2.33 bits per heavy atom. The normalized spacial score (nSPS) is 50.8. The third-order valence-corrected chi connectivity index (χ3v) is 13.2. The van der Waals surface area contributed by atoms with E-state index in [0.29, 0.717) is 23.2 Å². The van der Waals surface area contributed by atoms with Crippen molar-refractivity contribution in [3.63, 3.8) is 0 Å². The fraction of sp³-hybridized carbons (Fsp3) is 1.00. The molecule has 14 atom stereocenters. The maximum Gasteiger partial charge on any atom is 0.186 e. The second-order valence-electron chi connectivity index (χ2n) is 15.6. The number of ether oxygens (including phenoxy) is 2. The first-order valence-electron chi connectivity index (χ1n) is 16.8. The Morgan fingerprint density at radius 1 is 0.897 bits per heavy atom. The minimum absolute atomic E-state index is 0.0107. The third-order valence-electron chi connectivity index (χ3n) is 13.2. The van der Waals surface area contributed by atoms with E-state index in [9.17, 15) is 14.6 Å². The highest BCUT2D eigenvalue weighted by atomic mass is 19.1. The van der Waals surface area contributed by atoms with Gasteiger partial charge in [-0.1, -0.05) is 60.8 Å². The van der Waals surface area contributed by atoms with Crippen LogP contribution in [-0.4, -0.2) is 47.1 Å². The number of hydrogen-bond acceptors (Lipinski definition) is 4. The van der Waals surface area contributed by atoms with Crippen molar-refractivity contribution in [2.75, 3.05) is 0 Å². The van der Waals surface area contributed by atoms with Crippen LogP contribution in [0.3, 0.4) is 0 Å². The van der Waals surface area contributed by atoms with E-state index in [-0.39, 0.29) is 6.10 Å². The topological polar surface area (TPSA) is 58.9 Å². The monoisotopic (exact) mass is 550 g/mol. The zero-order valence-corrected chi connectivity index (χ0v) is 25.8. The van der Waals surface area contributed by atoms with Gasteiger partial charge < -0.3 is 19.7 Å². The van der Waals surface area contributed by atoms with Gasteiger partial charge in [0.15, 0.2) is 12.5 Å². The minimum atomic E-state index is -1.56. The molecule has 5 heteroatoms. The summed E-state index contributed by atoms with van der Waals surface area (Å²) in [5, 5.41) is 20.7. The summed E-state index contributed by atoms with van der Waals surface area (Å²) in [4.78, 5) is 0. The van der Waals surface area contributed by atoms with Crippen molar-refractivity contribution in [2.24, 2.45) is 52.3 Å². The van der Waals surface area contributed by atoms with Gasteiger partial charge in [-0.05, 0) is 116 Å². The smallest absolute Gasteiger partial charge is 0.186 e. The van der Waals surface area contributed by atoms with Crippen molar-refractivity contribution in [2.45, 2.75) is 162 Å². The highest BCUT2D eigenvalue weighted by Gasteiger charge is 2.61. The molecule has 0 aromatic rings. The molecular weight excluding hydrogens is 491 g/mol. The average molecular weight is 551 g/mol. The number of fused-ring (bicyclic) bond motifs is 5. The molecule has 0 aromatic carbocycles. The van der Waals surface area contributed by atoms with Gasteiger partial charge >= 0.3 is 0 Å². The summed E-state index contributed by atoms with van der Waals surface area (Å²) in [6.07, 6.45) is 10.1. The van der Waals surface area contributed by atoms with Crippen molar-refractivity contribution in [3.8, 4) is 0 Å². The van der Waals surface area contributed by atoms with Crippen LogP contribution in [0.25, 0.3) is 0 Å². The number of halogens is 1. The standard InChI is InChI=1S/C34H59FO4/c1-7-28-29(35)30(36)31(37)32(39-28)38-23-15-17-33(5)22(19-23)11-12-24-26-14-13-25(21(4)10-8-9-20(2)3)34(26,6)18-16-27(24)33/h20-32,36-37H,7-19H2,1-6H3/t21?,22?,23-,24?,25+,26?,27?,28?,29+,30?,31?,32-,33-,34+/m0/s1. The van der Waals surface area contributed by atoms with Gasteiger partial charge in [-0.25, -0.2) is 4.39 Å². The first-order chi connectivity index (χ1) is 18.5. The van der Waals surface area contributed by atoms with E-state index in [1.807, 2.05) is 6.92 Å². The summed E-state index contributed by atoms with van der Waals surface area (Å²) < 4.78 is 26.5. The molecular formula is C34H59FO4.